The van der Waals surface area contributed by atoms with Crippen LogP contribution in [0.25, 0.3) is 0 Å². The first-order valence-corrected chi connectivity index (χ1v) is 6.28. The number of carbonyl (C=O) groups excluding carboxylic acids is 2. The number of hydrogen-bond acceptors (Lipinski definition) is 4. The van der Waals surface area contributed by atoms with E-state index in [2.05, 4.69) is 12.2 Å². The Morgan fingerprint density at radius 3 is 1.74 bits per heavy atom. The Balaban J connectivity index is 2.09. The van der Waals surface area contributed by atoms with Gasteiger partial charge in [-0.15, -0.1) is 0 Å². The van der Waals surface area contributed by atoms with E-state index in [1.54, 1.807) is 12.1 Å². The summed E-state index contributed by atoms with van der Waals surface area (Å²) in [4.78, 5) is 22.3. The molecule has 1 aromatic rings. The van der Waals surface area contributed by atoms with Gasteiger partial charge in [-0.05, 0) is 18.6 Å². The molecule has 2 aliphatic carbocycles. The van der Waals surface area contributed by atoms with Gasteiger partial charge < -0.3 is 9.47 Å². The topological polar surface area (TPSA) is 52.6 Å². The van der Waals surface area contributed by atoms with E-state index in [4.69, 9.17) is 9.47 Å². The molecule has 4 nitrogen and oxygen atoms in total. The molecule has 98 valence electrons. The van der Waals surface area contributed by atoms with Crippen LogP contribution in [-0.2, 0) is 9.59 Å². The Kier molecular flexibility index (Phi) is 2.66. The van der Waals surface area contributed by atoms with E-state index in [1.807, 2.05) is 0 Å². The number of fused-ring (bicyclic) bond motifs is 5. The van der Waals surface area contributed by atoms with Gasteiger partial charge in [0.25, 0.3) is 0 Å². The fraction of sp³-hybridized carbons (Fsp3) is 0.333. The van der Waals surface area contributed by atoms with E-state index in [1.165, 1.54) is 13.8 Å². The second-order valence-electron chi connectivity index (χ2n) is 4.91. The number of hydrogen-bond donors (Lipinski definition) is 0. The summed E-state index contributed by atoms with van der Waals surface area (Å²) < 4.78 is 10.5. The van der Waals surface area contributed by atoms with E-state index < -0.39 is 0 Å². The van der Waals surface area contributed by atoms with Gasteiger partial charge in [0.05, 0.1) is 0 Å². The van der Waals surface area contributed by atoms with Gasteiger partial charge in [0.15, 0.2) is 0 Å². The quantitative estimate of drug-likeness (QED) is 0.465. The van der Waals surface area contributed by atoms with E-state index in [-0.39, 0.29) is 23.8 Å². The van der Waals surface area contributed by atoms with Crippen LogP contribution in [0.4, 0.5) is 0 Å². The Bertz CT molecular complexity index is 549. The van der Waals surface area contributed by atoms with Gasteiger partial charge >= 0.3 is 11.9 Å². The standard InChI is InChI=1S/C15H14O4/c1-8(16)18-12-5-6-13(19-9(2)17)15-11-4-3-10(7-11)14(12)15/h3-6,10-11H,7H2,1-2H3/t10-,11-/m0/s1. The smallest absolute Gasteiger partial charge is 0.308 e. The van der Waals surface area contributed by atoms with Crippen molar-refractivity contribution in [3.05, 3.63) is 35.4 Å². The summed E-state index contributed by atoms with van der Waals surface area (Å²) in [5.41, 5.74) is 1.97. The van der Waals surface area contributed by atoms with Crippen LogP contribution >= 0.6 is 0 Å². The fourth-order valence-corrected chi connectivity index (χ4v) is 2.98. The first-order chi connectivity index (χ1) is 9.06. The van der Waals surface area contributed by atoms with Gasteiger partial charge in [-0.2, -0.15) is 0 Å². The van der Waals surface area contributed by atoms with Crippen LogP contribution < -0.4 is 9.47 Å². The highest BCUT2D eigenvalue weighted by molar-refractivity contribution is 5.74. The molecule has 0 amide bonds. The lowest BCUT2D eigenvalue weighted by Crippen LogP contribution is -2.09. The number of rotatable bonds is 2. The SMILES string of the molecule is CC(=O)Oc1ccc(OC(C)=O)c2c1[C@H]1C=C[C@H]2C1. The zero-order chi connectivity index (χ0) is 13.6. The maximum atomic E-state index is 11.2. The molecule has 1 aromatic carbocycles. The first kappa shape index (κ1) is 12.0. The molecular formula is C15H14O4. The monoisotopic (exact) mass is 258 g/mol. The number of carbonyl (C=O) groups is 2. The normalized spacial score (nSPS) is 22.2. The van der Waals surface area contributed by atoms with E-state index in [9.17, 15) is 9.59 Å². The summed E-state index contributed by atoms with van der Waals surface area (Å²) in [6.07, 6.45) is 5.21. The highest BCUT2D eigenvalue weighted by Gasteiger charge is 2.38. The van der Waals surface area contributed by atoms with Crippen LogP contribution in [0.1, 0.15) is 43.2 Å². The highest BCUT2D eigenvalue weighted by atomic mass is 16.5. The molecule has 2 bridgehead atoms. The van der Waals surface area contributed by atoms with Gasteiger partial charge in [0.1, 0.15) is 11.5 Å². The van der Waals surface area contributed by atoms with Crippen LogP contribution in [0, 0.1) is 0 Å². The van der Waals surface area contributed by atoms with Gasteiger partial charge in [-0.1, -0.05) is 12.2 Å². The summed E-state index contributed by atoms with van der Waals surface area (Å²) >= 11 is 0. The Morgan fingerprint density at radius 1 is 0.947 bits per heavy atom. The first-order valence-electron chi connectivity index (χ1n) is 6.28. The van der Waals surface area contributed by atoms with Gasteiger partial charge in [-0.3, -0.25) is 9.59 Å². The van der Waals surface area contributed by atoms with Crippen molar-refractivity contribution in [3.63, 3.8) is 0 Å². The van der Waals surface area contributed by atoms with Crippen molar-refractivity contribution in [2.75, 3.05) is 0 Å². The number of allylic oxidation sites excluding steroid dienone is 2. The molecule has 3 rings (SSSR count). The van der Waals surface area contributed by atoms with E-state index in [0.29, 0.717) is 11.5 Å². The molecule has 0 spiro atoms. The zero-order valence-corrected chi connectivity index (χ0v) is 10.8. The van der Waals surface area contributed by atoms with Crippen LogP contribution in [0.15, 0.2) is 24.3 Å². The average Bonchev–Trinajstić information content (AvgIpc) is 2.91. The van der Waals surface area contributed by atoms with Crippen molar-refractivity contribution in [3.8, 4) is 11.5 Å². The molecule has 0 N–H and O–H groups in total. The molecule has 19 heavy (non-hydrogen) atoms. The largest absolute Gasteiger partial charge is 0.426 e. The Labute approximate surface area is 111 Å². The molecule has 0 aliphatic heterocycles. The number of esters is 2. The Morgan fingerprint density at radius 2 is 1.37 bits per heavy atom. The molecule has 2 atom stereocenters. The van der Waals surface area contributed by atoms with Crippen LogP contribution in [-0.4, -0.2) is 11.9 Å². The maximum Gasteiger partial charge on any atom is 0.308 e. The molecule has 0 saturated heterocycles. The molecule has 0 unspecified atom stereocenters. The lowest BCUT2D eigenvalue weighted by molar-refractivity contribution is -0.133. The summed E-state index contributed by atoms with van der Waals surface area (Å²) in [7, 11) is 0. The summed E-state index contributed by atoms with van der Waals surface area (Å²) in [6.45, 7) is 2.77. The second-order valence-corrected chi connectivity index (χ2v) is 4.91. The minimum atomic E-state index is -0.339. The molecule has 0 saturated carbocycles. The summed E-state index contributed by atoms with van der Waals surface area (Å²) in [5.74, 6) is 0.989. The predicted molar refractivity (Wildman–Crippen MR) is 68.3 cm³/mol. The molecule has 0 radical (unpaired) electrons. The van der Waals surface area contributed by atoms with Crippen LogP contribution in [0.5, 0.6) is 11.5 Å². The van der Waals surface area contributed by atoms with Crippen molar-refractivity contribution in [1.29, 1.82) is 0 Å². The molecule has 4 heteroatoms. The lowest BCUT2D eigenvalue weighted by Gasteiger charge is -2.18. The van der Waals surface area contributed by atoms with Crippen molar-refractivity contribution in [1.82, 2.24) is 0 Å². The minimum Gasteiger partial charge on any atom is -0.426 e. The molecular weight excluding hydrogens is 244 g/mol. The Hall–Kier alpha value is -2.10. The molecule has 0 fully saturated rings. The molecule has 0 aromatic heterocycles. The predicted octanol–water partition coefficient (Wildman–Crippen LogP) is 2.68. The highest BCUT2D eigenvalue weighted by Crippen LogP contribution is 2.55. The van der Waals surface area contributed by atoms with Gasteiger partial charge in [-0.25, -0.2) is 0 Å². The van der Waals surface area contributed by atoms with Gasteiger partial charge in [0.2, 0.25) is 0 Å². The van der Waals surface area contributed by atoms with Crippen molar-refractivity contribution >= 4 is 11.9 Å². The second kappa shape index (κ2) is 4.23. The third-order valence-corrected chi connectivity index (χ3v) is 3.54. The maximum absolute atomic E-state index is 11.2. The van der Waals surface area contributed by atoms with Gasteiger partial charge in [0, 0.05) is 36.8 Å². The van der Waals surface area contributed by atoms with E-state index in [0.717, 1.165) is 17.5 Å². The average molecular weight is 258 g/mol. The third kappa shape index (κ3) is 1.93. The molecule has 2 aliphatic rings. The lowest BCUT2D eigenvalue weighted by atomic mass is 9.95. The minimum absolute atomic E-state index is 0.254. The van der Waals surface area contributed by atoms with Crippen LogP contribution in [0.2, 0.25) is 0 Å². The fourth-order valence-electron chi connectivity index (χ4n) is 2.98. The van der Waals surface area contributed by atoms with Crippen LogP contribution in [0.3, 0.4) is 0 Å². The molecule has 0 heterocycles. The summed E-state index contributed by atoms with van der Waals surface area (Å²) in [6, 6.07) is 3.40. The van der Waals surface area contributed by atoms with Crippen molar-refractivity contribution < 1.29 is 19.1 Å². The zero-order valence-electron chi connectivity index (χ0n) is 10.8. The van der Waals surface area contributed by atoms with Crippen molar-refractivity contribution in [2.45, 2.75) is 32.1 Å². The van der Waals surface area contributed by atoms with Crippen molar-refractivity contribution in [2.24, 2.45) is 0 Å². The number of benzene rings is 1. The third-order valence-electron chi connectivity index (χ3n) is 3.54. The summed E-state index contributed by atoms with van der Waals surface area (Å²) in [5, 5.41) is 0. The number of ether oxygens (including phenoxy) is 2. The van der Waals surface area contributed by atoms with E-state index >= 15 is 0 Å².